The Bertz CT molecular complexity index is 733. The van der Waals surface area contributed by atoms with E-state index in [1.54, 1.807) is 16.8 Å². The Labute approximate surface area is 143 Å². The smallest absolute Gasteiger partial charge is 0.270 e. The van der Waals surface area contributed by atoms with Crippen molar-refractivity contribution in [3.8, 4) is 0 Å². The van der Waals surface area contributed by atoms with Crippen molar-refractivity contribution < 1.29 is 9.59 Å². The van der Waals surface area contributed by atoms with E-state index in [4.69, 9.17) is 0 Å². The van der Waals surface area contributed by atoms with Crippen molar-refractivity contribution in [1.82, 2.24) is 9.47 Å². The first kappa shape index (κ1) is 16.5. The van der Waals surface area contributed by atoms with Gasteiger partial charge in [-0.3, -0.25) is 9.59 Å². The zero-order valence-corrected chi connectivity index (χ0v) is 14.4. The van der Waals surface area contributed by atoms with Crippen molar-refractivity contribution in [2.45, 2.75) is 38.6 Å². The molecule has 2 heterocycles. The predicted molar refractivity (Wildman–Crippen MR) is 94.2 cm³/mol. The van der Waals surface area contributed by atoms with Gasteiger partial charge in [0.05, 0.1) is 0 Å². The average molecular weight is 324 g/mol. The number of aromatic nitrogens is 1. The van der Waals surface area contributed by atoms with E-state index in [9.17, 15) is 9.59 Å². The van der Waals surface area contributed by atoms with E-state index in [-0.39, 0.29) is 17.7 Å². The molecule has 3 rings (SSSR count). The van der Waals surface area contributed by atoms with Crippen LogP contribution in [-0.4, -0.2) is 33.7 Å². The maximum Gasteiger partial charge on any atom is 0.270 e. The zero-order valence-electron chi connectivity index (χ0n) is 14.4. The van der Waals surface area contributed by atoms with Gasteiger partial charge in [-0.05, 0) is 44.2 Å². The highest BCUT2D eigenvalue weighted by Gasteiger charge is 2.29. The van der Waals surface area contributed by atoms with Crippen molar-refractivity contribution >= 4 is 11.7 Å². The number of carbonyl (C=O) groups is 2. The lowest BCUT2D eigenvalue weighted by molar-refractivity contribution is 0.0603. The van der Waals surface area contributed by atoms with Crippen LogP contribution in [-0.2, 0) is 13.5 Å². The second-order valence-electron chi connectivity index (χ2n) is 6.62. The summed E-state index contributed by atoms with van der Waals surface area (Å²) in [5.74, 6) is 0.0229. The number of benzene rings is 1. The van der Waals surface area contributed by atoms with E-state index in [0.29, 0.717) is 11.3 Å². The van der Waals surface area contributed by atoms with Crippen LogP contribution >= 0.6 is 0 Å². The number of amides is 1. The number of ketones is 1. The van der Waals surface area contributed by atoms with Gasteiger partial charge >= 0.3 is 0 Å². The maximum atomic E-state index is 13.1. The van der Waals surface area contributed by atoms with E-state index in [1.807, 2.05) is 30.1 Å². The predicted octanol–water partition coefficient (Wildman–Crippen LogP) is 3.47. The molecule has 1 saturated heterocycles. The Hall–Kier alpha value is -2.36. The Balaban J connectivity index is 1.82. The highest BCUT2D eigenvalue weighted by molar-refractivity contribution is 5.99. The Morgan fingerprint density at radius 1 is 1.17 bits per heavy atom. The van der Waals surface area contributed by atoms with Crippen molar-refractivity contribution in [3.63, 3.8) is 0 Å². The largest absolute Gasteiger partial charge is 0.346 e. The molecule has 0 radical (unpaired) electrons. The summed E-state index contributed by atoms with van der Waals surface area (Å²) < 4.78 is 1.77. The lowest BCUT2D eigenvalue weighted by atomic mass is 9.95. The van der Waals surface area contributed by atoms with Gasteiger partial charge in [0.15, 0.2) is 5.78 Å². The van der Waals surface area contributed by atoms with E-state index >= 15 is 0 Å². The number of rotatable bonds is 4. The minimum absolute atomic E-state index is 0.0101. The SMILES string of the molecule is CC(=O)c1cc(C(=O)N2CCCC[C@H]2Cc2ccccc2)n(C)c1. The molecule has 0 aliphatic carbocycles. The summed E-state index contributed by atoms with van der Waals surface area (Å²) in [7, 11) is 1.83. The minimum atomic E-state index is -0.0101. The van der Waals surface area contributed by atoms with Gasteiger partial charge in [0.2, 0.25) is 0 Å². The number of piperidine rings is 1. The van der Waals surface area contributed by atoms with Gasteiger partial charge in [-0.2, -0.15) is 0 Å². The van der Waals surface area contributed by atoms with Crippen LogP contribution < -0.4 is 0 Å². The molecule has 2 aromatic rings. The Morgan fingerprint density at radius 3 is 2.58 bits per heavy atom. The van der Waals surface area contributed by atoms with Gasteiger partial charge in [-0.25, -0.2) is 0 Å². The lowest BCUT2D eigenvalue weighted by Crippen LogP contribution is -2.45. The van der Waals surface area contributed by atoms with Crippen molar-refractivity contribution in [2.24, 2.45) is 7.05 Å². The summed E-state index contributed by atoms with van der Waals surface area (Å²) in [6, 6.07) is 12.3. The molecule has 0 saturated carbocycles. The highest BCUT2D eigenvalue weighted by Crippen LogP contribution is 2.23. The summed E-state index contributed by atoms with van der Waals surface area (Å²) in [5, 5.41) is 0. The Morgan fingerprint density at radius 2 is 1.92 bits per heavy atom. The second kappa shape index (κ2) is 7.04. The molecule has 0 N–H and O–H groups in total. The van der Waals surface area contributed by atoms with Crippen LogP contribution in [0.3, 0.4) is 0 Å². The quantitative estimate of drug-likeness (QED) is 0.808. The first-order valence-corrected chi connectivity index (χ1v) is 8.58. The third-order valence-corrected chi connectivity index (χ3v) is 4.83. The van der Waals surface area contributed by atoms with Crippen molar-refractivity contribution in [3.05, 3.63) is 59.4 Å². The normalized spacial score (nSPS) is 17.8. The zero-order chi connectivity index (χ0) is 17.1. The Kier molecular flexibility index (Phi) is 4.84. The standard InChI is InChI=1S/C20H24N2O2/c1-15(23)17-13-19(21(2)14-17)20(24)22-11-7-6-10-18(22)12-16-8-4-3-5-9-16/h3-5,8-9,13-14,18H,6-7,10-12H2,1-2H3/t18-/m0/s1. The number of hydrogen-bond acceptors (Lipinski definition) is 2. The molecule has 1 amide bonds. The molecule has 1 aromatic carbocycles. The molecule has 4 nitrogen and oxygen atoms in total. The number of aryl methyl sites for hydroxylation is 1. The van der Waals surface area contributed by atoms with Crippen LogP contribution in [0, 0.1) is 0 Å². The molecule has 1 fully saturated rings. The molecule has 1 aromatic heterocycles. The molecule has 1 aliphatic rings. The molecule has 1 atom stereocenters. The van der Waals surface area contributed by atoms with Crippen molar-refractivity contribution in [2.75, 3.05) is 6.54 Å². The number of likely N-dealkylation sites (tertiary alicyclic amines) is 1. The molecule has 0 unspecified atom stereocenters. The van der Waals surface area contributed by atoms with Crippen LogP contribution in [0.4, 0.5) is 0 Å². The van der Waals surface area contributed by atoms with Gasteiger partial charge < -0.3 is 9.47 Å². The van der Waals surface area contributed by atoms with Crippen molar-refractivity contribution in [1.29, 1.82) is 0 Å². The molecule has 126 valence electrons. The van der Waals surface area contributed by atoms with Gasteiger partial charge in [-0.1, -0.05) is 30.3 Å². The fourth-order valence-electron chi connectivity index (χ4n) is 3.48. The number of nitrogens with zero attached hydrogens (tertiary/aromatic N) is 2. The van der Waals surface area contributed by atoms with Gasteiger partial charge in [0, 0.05) is 31.4 Å². The summed E-state index contributed by atoms with van der Waals surface area (Å²) in [6.45, 7) is 2.32. The van der Waals surface area contributed by atoms with Crippen LogP contribution in [0.2, 0.25) is 0 Å². The summed E-state index contributed by atoms with van der Waals surface area (Å²) >= 11 is 0. The molecular weight excluding hydrogens is 300 g/mol. The monoisotopic (exact) mass is 324 g/mol. The van der Waals surface area contributed by atoms with Crippen LogP contribution in [0.15, 0.2) is 42.6 Å². The molecule has 24 heavy (non-hydrogen) atoms. The second-order valence-corrected chi connectivity index (χ2v) is 6.62. The number of hydrogen-bond donors (Lipinski definition) is 0. The fraction of sp³-hybridized carbons (Fsp3) is 0.400. The molecule has 0 bridgehead atoms. The van der Waals surface area contributed by atoms with Gasteiger partial charge in [0.1, 0.15) is 5.69 Å². The van der Waals surface area contributed by atoms with E-state index < -0.39 is 0 Å². The maximum absolute atomic E-state index is 13.1. The van der Waals surface area contributed by atoms with E-state index in [0.717, 1.165) is 32.2 Å². The summed E-state index contributed by atoms with van der Waals surface area (Å²) in [6.07, 6.45) is 5.86. The third kappa shape index (κ3) is 3.42. The first-order chi connectivity index (χ1) is 11.6. The van der Waals surface area contributed by atoms with Crippen LogP contribution in [0.25, 0.3) is 0 Å². The van der Waals surface area contributed by atoms with Gasteiger partial charge in [0.25, 0.3) is 5.91 Å². The third-order valence-electron chi connectivity index (χ3n) is 4.83. The minimum Gasteiger partial charge on any atom is -0.346 e. The van der Waals surface area contributed by atoms with Crippen LogP contribution in [0.1, 0.15) is 52.6 Å². The topological polar surface area (TPSA) is 42.3 Å². The highest BCUT2D eigenvalue weighted by atomic mass is 16.2. The average Bonchev–Trinajstić information content (AvgIpc) is 2.98. The molecule has 1 aliphatic heterocycles. The van der Waals surface area contributed by atoms with E-state index in [2.05, 4.69) is 12.1 Å². The fourth-order valence-corrected chi connectivity index (χ4v) is 3.48. The molecule has 0 spiro atoms. The molecular formula is C20H24N2O2. The van der Waals surface area contributed by atoms with Crippen LogP contribution in [0.5, 0.6) is 0 Å². The summed E-state index contributed by atoms with van der Waals surface area (Å²) in [5.41, 5.74) is 2.45. The van der Waals surface area contributed by atoms with Gasteiger partial charge in [-0.15, -0.1) is 0 Å². The van der Waals surface area contributed by atoms with E-state index in [1.165, 1.54) is 12.5 Å². The lowest BCUT2D eigenvalue weighted by Gasteiger charge is -2.36. The number of Topliss-reactive ketones (excluding diaryl/α,β-unsaturated/α-hetero) is 1. The number of carbonyl (C=O) groups excluding carboxylic acids is 2. The summed E-state index contributed by atoms with van der Waals surface area (Å²) in [4.78, 5) is 26.6. The molecule has 4 heteroatoms. The first-order valence-electron chi connectivity index (χ1n) is 8.58.